The minimum atomic E-state index is -0.917. The van der Waals surface area contributed by atoms with E-state index < -0.39 is 11.6 Å². The van der Waals surface area contributed by atoms with Crippen LogP contribution < -0.4 is 25.6 Å². The Labute approximate surface area is 243 Å². The van der Waals surface area contributed by atoms with E-state index in [9.17, 15) is 9.59 Å². The summed E-state index contributed by atoms with van der Waals surface area (Å²) in [5, 5.41) is 2.90. The van der Waals surface area contributed by atoms with Crippen LogP contribution in [-0.4, -0.2) is 62.0 Å². The molecule has 5 rings (SSSR count). The third kappa shape index (κ3) is 4.60. The van der Waals surface area contributed by atoms with Gasteiger partial charge in [-0.25, -0.2) is 0 Å². The highest BCUT2D eigenvalue weighted by Gasteiger charge is 2.56. The zero-order chi connectivity index (χ0) is 29.3. The van der Waals surface area contributed by atoms with Crippen molar-refractivity contribution in [1.82, 2.24) is 10.2 Å². The highest BCUT2D eigenvalue weighted by Crippen LogP contribution is 2.58. The predicted molar refractivity (Wildman–Crippen MR) is 164 cm³/mol. The van der Waals surface area contributed by atoms with Crippen molar-refractivity contribution in [2.45, 2.75) is 46.2 Å². The van der Waals surface area contributed by atoms with Crippen molar-refractivity contribution in [3.63, 3.8) is 0 Å². The number of benzene rings is 3. The number of nitrogens with two attached hydrogens (primary N) is 1. The quantitative estimate of drug-likeness (QED) is 0.377. The molecule has 8 nitrogen and oxygen atoms in total. The summed E-state index contributed by atoms with van der Waals surface area (Å²) < 4.78 is 6.72. The normalized spacial score (nSPS) is 15.1. The van der Waals surface area contributed by atoms with E-state index >= 15 is 0 Å². The number of nitrogens with zero attached hydrogens (tertiary/aromatic N) is 3. The van der Waals surface area contributed by atoms with E-state index in [1.54, 1.807) is 6.92 Å². The number of anilines is 2. The van der Waals surface area contributed by atoms with Crippen LogP contribution in [0.3, 0.4) is 0 Å². The van der Waals surface area contributed by atoms with Gasteiger partial charge in [0.2, 0.25) is 5.91 Å². The Morgan fingerprint density at radius 3 is 1.93 bits per heavy atom. The Bertz CT molecular complexity index is 1380. The van der Waals surface area contributed by atoms with Crippen LogP contribution in [0.25, 0.3) is 0 Å². The average molecular weight is 556 g/mol. The Hall–Kier alpha value is -4.04. The number of carbonyl (C=O) groups is 2. The number of carbonyl (C=O) groups excluding carboxylic acids is 2. The summed E-state index contributed by atoms with van der Waals surface area (Å²) in [6.45, 7) is 14.3. The predicted octanol–water partition coefficient (Wildman–Crippen LogP) is 4.70. The molecule has 8 heteroatoms. The van der Waals surface area contributed by atoms with Crippen LogP contribution in [0, 0.1) is 0 Å². The molecule has 41 heavy (non-hydrogen) atoms. The fraction of sp³-hybridized carbons (Fsp3) is 0.394. The first-order valence-electron chi connectivity index (χ1n) is 14.7. The van der Waals surface area contributed by atoms with Crippen LogP contribution in [0.4, 0.5) is 11.4 Å². The minimum absolute atomic E-state index is 0.0740. The molecule has 3 N–H and O–H groups in total. The van der Waals surface area contributed by atoms with Crippen molar-refractivity contribution in [2.24, 2.45) is 5.73 Å². The van der Waals surface area contributed by atoms with Crippen LogP contribution in [0.15, 0.2) is 60.7 Å². The fourth-order valence-corrected chi connectivity index (χ4v) is 6.35. The summed E-state index contributed by atoms with van der Waals surface area (Å²) in [5.41, 5.74) is 10.4. The van der Waals surface area contributed by atoms with Crippen molar-refractivity contribution in [2.75, 3.05) is 49.1 Å². The SMILES string of the molecule is CCN(CC)c1ccc2c(c1)Oc1cc(N(CC)CC)ccc1C21c2ccccc2C(=O)N1CCNC(=O)C(C)N. The fourth-order valence-electron chi connectivity index (χ4n) is 6.35. The third-order valence-corrected chi connectivity index (χ3v) is 8.43. The Kier molecular flexibility index (Phi) is 7.95. The summed E-state index contributed by atoms with van der Waals surface area (Å²) in [7, 11) is 0. The van der Waals surface area contributed by atoms with Crippen molar-refractivity contribution >= 4 is 23.2 Å². The van der Waals surface area contributed by atoms with Crippen LogP contribution in [-0.2, 0) is 10.3 Å². The van der Waals surface area contributed by atoms with Gasteiger partial charge in [-0.3, -0.25) is 9.59 Å². The van der Waals surface area contributed by atoms with Gasteiger partial charge in [-0.2, -0.15) is 0 Å². The lowest BCUT2D eigenvalue weighted by Crippen LogP contribution is -2.50. The molecule has 0 aliphatic carbocycles. The van der Waals surface area contributed by atoms with E-state index in [1.807, 2.05) is 29.2 Å². The molecule has 0 saturated carbocycles. The van der Waals surface area contributed by atoms with Gasteiger partial charge in [0.15, 0.2) is 0 Å². The maximum absolute atomic E-state index is 14.2. The largest absolute Gasteiger partial charge is 0.456 e. The molecule has 0 radical (unpaired) electrons. The summed E-state index contributed by atoms with van der Waals surface area (Å²) in [6.07, 6.45) is 0. The number of ether oxygens (including phenoxy) is 1. The van der Waals surface area contributed by atoms with Gasteiger partial charge in [-0.05, 0) is 58.4 Å². The summed E-state index contributed by atoms with van der Waals surface area (Å²) in [5.74, 6) is 1.14. The number of fused-ring (bicyclic) bond motifs is 6. The lowest BCUT2D eigenvalue weighted by atomic mass is 9.74. The van der Waals surface area contributed by atoms with Crippen LogP contribution in [0.2, 0.25) is 0 Å². The molecule has 2 amide bonds. The molecule has 0 fully saturated rings. The highest BCUT2D eigenvalue weighted by molar-refractivity contribution is 6.02. The first kappa shape index (κ1) is 28.5. The number of rotatable bonds is 10. The molecule has 1 unspecified atom stereocenters. The second-order valence-electron chi connectivity index (χ2n) is 10.6. The van der Waals surface area contributed by atoms with Crippen molar-refractivity contribution in [3.8, 4) is 11.5 Å². The number of hydrogen-bond donors (Lipinski definition) is 2. The molecule has 3 aromatic carbocycles. The number of nitrogens with one attached hydrogen (secondary N) is 1. The van der Waals surface area contributed by atoms with E-state index in [2.05, 4.69) is 79.2 Å². The summed E-state index contributed by atoms with van der Waals surface area (Å²) in [4.78, 5) is 33.0. The van der Waals surface area contributed by atoms with Gasteiger partial charge in [0.05, 0.1) is 6.04 Å². The minimum Gasteiger partial charge on any atom is -0.456 e. The highest BCUT2D eigenvalue weighted by atomic mass is 16.5. The summed E-state index contributed by atoms with van der Waals surface area (Å²) in [6, 6.07) is 19.8. The molecule has 0 bridgehead atoms. The van der Waals surface area contributed by atoms with E-state index in [-0.39, 0.29) is 18.4 Å². The van der Waals surface area contributed by atoms with Gasteiger partial charge in [-0.15, -0.1) is 0 Å². The van der Waals surface area contributed by atoms with Gasteiger partial charge >= 0.3 is 0 Å². The van der Waals surface area contributed by atoms with Gasteiger partial charge in [0.25, 0.3) is 5.91 Å². The number of amides is 2. The average Bonchev–Trinajstić information content (AvgIpc) is 3.22. The van der Waals surface area contributed by atoms with Gasteiger partial charge < -0.3 is 30.5 Å². The second-order valence-corrected chi connectivity index (χ2v) is 10.6. The van der Waals surface area contributed by atoms with E-state index in [4.69, 9.17) is 10.5 Å². The topological polar surface area (TPSA) is 91.1 Å². The standard InChI is InChI=1S/C33H41N5O3/c1-6-36(7-2)23-14-16-27-29(20-23)41-30-21-24(37(8-3)9-4)15-17-28(30)33(27)26-13-11-10-12-25(26)32(40)38(33)19-18-35-31(39)22(5)34/h10-17,20-22H,6-9,18-19,34H2,1-5H3,(H,35,39). The van der Waals surface area contributed by atoms with Crippen molar-refractivity contribution in [1.29, 1.82) is 0 Å². The molecule has 1 atom stereocenters. The molecular weight excluding hydrogens is 514 g/mol. The van der Waals surface area contributed by atoms with Gasteiger partial charge in [0, 0.05) is 79.5 Å². The summed E-state index contributed by atoms with van der Waals surface area (Å²) >= 11 is 0. The van der Waals surface area contributed by atoms with Gasteiger partial charge in [-0.1, -0.05) is 30.3 Å². The Morgan fingerprint density at radius 1 is 0.878 bits per heavy atom. The second kappa shape index (κ2) is 11.4. The van der Waals surface area contributed by atoms with Crippen LogP contribution in [0.5, 0.6) is 11.5 Å². The Morgan fingerprint density at radius 2 is 1.41 bits per heavy atom. The lowest BCUT2D eigenvalue weighted by Gasteiger charge is -2.45. The zero-order valence-electron chi connectivity index (χ0n) is 24.7. The first-order valence-corrected chi connectivity index (χ1v) is 14.7. The molecule has 2 heterocycles. The van der Waals surface area contributed by atoms with Crippen molar-refractivity contribution < 1.29 is 14.3 Å². The zero-order valence-corrected chi connectivity index (χ0v) is 24.7. The van der Waals surface area contributed by atoms with Crippen molar-refractivity contribution in [3.05, 3.63) is 82.9 Å². The van der Waals surface area contributed by atoms with Crippen LogP contribution >= 0.6 is 0 Å². The molecule has 216 valence electrons. The number of hydrogen-bond acceptors (Lipinski definition) is 6. The van der Waals surface area contributed by atoms with Gasteiger partial charge in [0.1, 0.15) is 17.0 Å². The van der Waals surface area contributed by atoms with E-state index in [0.717, 1.165) is 65.7 Å². The van der Waals surface area contributed by atoms with E-state index in [1.165, 1.54) is 0 Å². The molecule has 2 aliphatic heterocycles. The monoisotopic (exact) mass is 555 g/mol. The molecule has 3 aromatic rings. The molecule has 1 spiro atoms. The lowest BCUT2D eigenvalue weighted by molar-refractivity contribution is -0.122. The molecule has 0 saturated heterocycles. The Balaban J connectivity index is 1.74. The first-order chi connectivity index (χ1) is 19.8. The maximum atomic E-state index is 14.2. The third-order valence-electron chi connectivity index (χ3n) is 8.43. The maximum Gasteiger partial charge on any atom is 0.255 e. The smallest absolute Gasteiger partial charge is 0.255 e. The molecular formula is C33H41N5O3. The molecule has 2 aliphatic rings. The molecule has 0 aromatic heterocycles. The van der Waals surface area contributed by atoms with E-state index in [0.29, 0.717) is 12.1 Å². The van der Waals surface area contributed by atoms with Crippen LogP contribution in [0.1, 0.15) is 61.7 Å².